The second kappa shape index (κ2) is 6.63. The Bertz CT molecular complexity index is 620. The lowest BCUT2D eigenvalue weighted by Gasteiger charge is -2.35. The molecule has 1 aliphatic carbocycles. The maximum absolute atomic E-state index is 13.1. The van der Waals surface area contributed by atoms with Gasteiger partial charge < -0.3 is 14.7 Å². The minimum absolute atomic E-state index is 0.0765. The number of hydrogen-bond acceptors (Lipinski definition) is 3. The monoisotopic (exact) mass is 329 g/mol. The Kier molecular flexibility index (Phi) is 4.55. The number of piperazine rings is 1. The molecule has 1 saturated heterocycles. The van der Waals surface area contributed by atoms with E-state index < -0.39 is 5.41 Å². The van der Waals surface area contributed by atoms with Gasteiger partial charge in [0.1, 0.15) is 5.41 Å². The summed E-state index contributed by atoms with van der Waals surface area (Å²) in [5.41, 5.74) is -0.0651. The zero-order valence-electron chi connectivity index (χ0n) is 14.0. The van der Waals surface area contributed by atoms with Gasteiger partial charge in [0.05, 0.1) is 0 Å². The van der Waals surface area contributed by atoms with Crippen LogP contribution in [0.4, 0.5) is 5.69 Å². The number of amides is 3. The fourth-order valence-corrected chi connectivity index (χ4v) is 3.29. The average Bonchev–Trinajstić information content (AvgIpc) is 3.44. The van der Waals surface area contributed by atoms with Crippen LogP contribution < -0.4 is 4.90 Å². The number of para-hydroxylation sites is 1. The Balaban J connectivity index is 1.74. The van der Waals surface area contributed by atoms with Crippen LogP contribution in [0.2, 0.25) is 0 Å². The molecule has 0 radical (unpaired) electrons. The molecule has 0 atom stereocenters. The van der Waals surface area contributed by atoms with Gasteiger partial charge in [-0.1, -0.05) is 18.2 Å². The lowest BCUT2D eigenvalue weighted by Crippen LogP contribution is -2.53. The summed E-state index contributed by atoms with van der Waals surface area (Å²) in [6, 6.07) is 9.48. The van der Waals surface area contributed by atoms with Crippen molar-refractivity contribution in [2.24, 2.45) is 5.41 Å². The molecule has 6 nitrogen and oxygen atoms in total. The van der Waals surface area contributed by atoms with Crippen molar-refractivity contribution in [3.8, 4) is 0 Å². The summed E-state index contributed by atoms with van der Waals surface area (Å²) in [4.78, 5) is 41.9. The first-order valence-electron chi connectivity index (χ1n) is 8.48. The highest BCUT2D eigenvalue weighted by Gasteiger charge is 2.59. The molecule has 0 N–H and O–H groups in total. The van der Waals surface area contributed by atoms with Crippen molar-refractivity contribution in [3.05, 3.63) is 30.3 Å². The van der Waals surface area contributed by atoms with Crippen LogP contribution >= 0.6 is 0 Å². The van der Waals surface area contributed by atoms with E-state index in [1.165, 1.54) is 0 Å². The van der Waals surface area contributed by atoms with Gasteiger partial charge in [-0.05, 0) is 31.9 Å². The summed E-state index contributed by atoms with van der Waals surface area (Å²) in [5, 5.41) is 0. The van der Waals surface area contributed by atoms with Crippen molar-refractivity contribution >= 4 is 23.9 Å². The van der Waals surface area contributed by atoms with E-state index in [0.717, 1.165) is 12.1 Å². The third-order valence-electron chi connectivity index (χ3n) is 4.95. The number of rotatable bonds is 5. The third kappa shape index (κ3) is 2.88. The molecule has 2 fully saturated rings. The first-order valence-corrected chi connectivity index (χ1v) is 8.48. The highest BCUT2D eigenvalue weighted by molar-refractivity contribution is 6.14. The SMILES string of the molecule is CCN(C(=O)C1(C(=O)N2CCN(C=O)CC2)CC1)c1ccccc1. The molecule has 0 aromatic heterocycles. The predicted octanol–water partition coefficient (Wildman–Crippen LogP) is 1.12. The van der Waals surface area contributed by atoms with Crippen LogP contribution in [0.15, 0.2) is 30.3 Å². The number of carbonyl (C=O) groups excluding carboxylic acids is 3. The van der Waals surface area contributed by atoms with E-state index in [1.54, 1.807) is 14.7 Å². The standard InChI is InChI=1S/C18H23N3O3/c1-2-21(15-6-4-3-5-7-15)17(24)18(8-9-18)16(23)20-12-10-19(14-22)11-13-20/h3-7,14H,2,8-13H2,1H3. The molecule has 1 aromatic rings. The van der Waals surface area contributed by atoms with E-state index in [-0.39, 0.29) is 11.8 Å². The topological polar surface area (TPSA) is 60.9 Å². The van der Waals surface area contributed by atoms with Crippen LogP contribution in [0.5, 0.6) is 0 Å². The Labute approximate surface area is 142 Å². The highest BCUT2D eigenvalue weighted by atomic mass is 16.2. The maximum Gasteiger partial charge on any atom is 0.242 e. The van der Waals surface area contributed by atoms with E-state index in [9.17, 15) is 14.4 Å². The van der Waals surface area contributed by atoms with Crippen LogP contribution in [-0.4, -0.2) is 60.7 Å². The lowest BCUT2D eigenvalue weighted by atomic mass is 10.0. The molecule has 24 heavy (non-hydrogen) atoms. The minimum Gasteiger partial charge on any atom is -0.342 e. The molecule has 1 aromatic carbocycles. The summed E-state index contributed by atoms with van der Waals surface area (Å²) in [7, 11) is 0. The Morgan fingerprint density at radius 1 is 1.12 bits per heavy atom. The molecule has 0 unspecified atom stereocenters. The zero-order chi connectivity index (χ0) is 17.2. The van der Waals surface area contributed by atoms with E-state index in [4.69, 9.17) is 0 Å². The number of hydrogen-bond donors (Lipinski definition) is 0. The van der Waals surface area contributed by atoms with E-state index in [1.807, 2.05) is 37.3 Å². The predicted molar refractivity (Wildman–Crippen MR) is 90.4 cm³/mol. The first-order chi connectivity index (χ1) is 11.6. The van der Waals surface area contributed by atoms with Gasteiger partial charge in [0.15, 0.2) is 0 Å². The molecule has 1 heterocycles. The maximum atomic E-state index is 13.1. The van der Waals surface area contributed by atoms with Crippen molar-refractivity contribution in [1.29, 1.82) is 0 Å². The summed E-state index contributed by atoms with van der Waals surface area (Å²) in [6.07, 6.45) is 2.04. The number of anilines is 1. The Morgan fingerprint density at radius 3 is 2.25 bits per heavy atom. The highest BCUT2D eigenvalue weighted by Crippen LogP contribution is 2.49. The van der Waals surface area contributed by atoms with Gasteiger partial charge in [-0.2, -0.15) is 0 Å². The van der Waals surface area contributed by atoms with Crippen LogP contribution in [0, 0.1) is 5.41 Å². The second-order valence-electron chi connectivity index (χ2n) is 6.40. The number of carbonyl (C=O) groups is 3. The average molecular weight is 329 g/mol. The van der Waals surface area contributed by atoms with Gasteiger partial charge in [-0.25, -0.2) is 0 Å². The van der Waals surface area contributed by atoms with Gasteiger partial charge >= 0.3 is 0 Å². The summed E-state index contributed by atoms with van der Waals surface area (Å²) < 4.78 is 0. The number of nitrogens with zero attached hydrogens (tertiary/aromatic N) is 3. The molecule has 1 aliphatic heterocycles. The first kappa shape index (κ1) is 16.5. The summed E-state index contributed by atoms with van der Waals surface area (Å²) in [6.45, 7) is 4.55. The normalized spacial score (nSPS) is 18.9. The van der Waals surface area contributed by atoms with Crippen molar-refractivity contribution in [3.63, 3.8) is 0 Å². The van der Waals surface area contributed by atoms with Crippen molar-refractivity contribution in [2.45, 2.75) is 19.8 Å². The van der Waals surface area contributed by atoms with Crippen LogP contribution in [0.3, 0.4) is 0 Å². The van der Waals surface area contributed by atoms with Gasteiger partial charge in [-0.3, -0.25) is 14.4 Å². The minimum atomic E-state index is -0.894. The smallest absolute Gasteiger partial charge is 0.242 e. The van der Waals surface area contributed by atoms with Crippen molar-refractivity contribution in [2.75, 3.05) is 37.6 Å². The van der Waals surface area contributed by atoms with Crippen molar-refractivity contribution in [1.82, 2.24) is 9.80 Å². The largest absolute Gasteiger partial charge is 0.342 e. The number of benzene rings is 1. The van der Waals surface area contributed by atoms with Gasteiger partial charge in [0.2, 0.25) is 18.2 Å². The molecule has 0 spiro atoms. The molecule has 1 saturated carbocycles. The van der Waals surface area contributed by atoms with Crippen LogP contribution in [0.1, 0.15) is 19.8 Å². The fourth-order valence-electron chi connectivity index (χ4n) is 3.29. The quantitative estimate of drug-likeness (QED) is 0.601. The molecular formula is C18H23N3O3. The second-order valence-corrected chi connectivity index (χ2v) is 6.40. The van der Waals surface area contributed by atoms with Crippen LogP contribution in [-0.2, 0) is 14.4 Å². The van der Waals surface area contributed by atoms with Gasteiger partial charge in [0, 0.05) is 38.4 Å². The Hall–Kier alpha value is -2.37. The van der Waals surface area contributed by atoms with Gasteiger partial charge in [-0.15, -0.1) is 0 Å². The van der Waals surface area contributed by atoms with E-state index in [0.29, 0.717) is 45.6 Å². The molecule has 0 bridgehead atoms. The molecule has 3 amide bonds. The van der Waals surface area contributed by atoms with Crippen molar-refractivity contribution < 1.29 is 14.4 Å². The van der Waals surface area contributed by atoms with E-state index in [2.05, 4.69) is 0 Å². The molecule has 3 rings (SSSR count). The molecular weight excluding hydrogens is 306 g/mol. The van der Waals surface area contributed by atoms with E-state index >= 15 is 0 Å². The lowest BCUT2D eigenvalue weighted by molar-refractivity contribution is -0.145. The Morgan fingerprint density at radius 2 is 1.75 bits per heavy atom. The van der Waals surface area contributed by atoms with Crippen LogP contribution in [0.25, 0.3) is 0 Å². The summed E-state index contributed by atoms with van der Waals surface area (Å²) in [5.74, 6) is -0.175. The third-order valence-corrected chi connectivity index (χ3v) is 4.95. The molecule has 2 aliphatic rings. The zero-order valence-corrected chi connectivity index (χ0v) is 14.0. The summed E-state index contributed by atoms with van der Waals surface area (Å²) >= 11 is 0. The molecule has 128 valence electrons. The fraction of sp³-hybridized carbons (Fsp3) is 0.500. The van der Waals surface area contributed by atoms with Gasteiger partial charge in [0.25, 0.3) is 0 Å². The molecule has 6 heteroatoms.